The number of sulfone groups is 1. The van der Waals surface area contributed by atoms with E-state index >= 15 is 0 Å². The van der Waals surface area contributed by atoms with Gasteiger partial charge in [0.1, 0.15) is 0 Å². The van der Waals surface area contributed by atoms with Crippen LogP contribution in [0.3, 0.4) is 0 Å². The first kappa shape index (κ1) is 13.8. The van der Waals surface area contributed by atoms with Gasteiger partial charge in [-0.15, -0.1) is 0 Å². The van der Waals surface area contributed by atoms with Crippen molar-refractivity contribution in [3.8, 4) is 6.07 Å². The van der Waals surface area contributed by atoms with Crippen molar-refractivity contribution in [2.75, 3.05) is 0 Å². The zero-order valence-corrected chi connectivity index (χ0v) is 12.3. The highest BCUT2D eigenvalue weighted by molar-refractivity contribution is 9.10. The lowest BCUT2D eigenvalue weighted by Crippen LogP contribution is -2.06. The maximum Gasteiger partial charge on any atom is 0.182 e. The zero-order chi connectivity index (χ0) is 13.9. The number of hydrogen-bond acceptors (Lipinski definition) is 3. The van der Waals surface area contributed by atoms with Gasteiger partial charge in [0.2, 0.25) is 0 Å². The van der Waals surface area contributed by atoms with Crippen LogP contribution in [0.4, 0.5) is 0 Å². The third-order valence-corrected chi connectivity index (χ3v) is 4.80. The van der Waals surface area contributed by atoms with Crippen molar-refractivity contribution >= 4 is 25.8 Å². The minimum atomic E-state index is -3.45. The third-order valence-electron chi connectivity index (χ3n) is 2.64. The molecule has 0 unspecified atom stereocenters. The van der Waals surface area contributed by atoms with Crippen LogP contribution in [0.25, 0.3) is 0 Å². The molecule has 0 bridgehead atoms. The summed E-state index contributed by atoms with van der Waals surface area (Å²) in [5, 5.41) is 8.98. The van der Waals surface area contributed by atoms with Crippen LogP contribution in [0, 0.1) is 11.3 Å². The molecule has 2 aromatic rings. The normalized spacial score (nSPS) is 10.9. The fourth-order valence-electron chi connectivity index (χ4n) is 1.70. The van der Waals surface area contributed by atoms with E-state index < -0.39 is 9.84 Å². The van der Waals surface area contributed by atoms with Crippen molar-refractivity contribution in [3.05, 3.63) is 64.1 Å². The Kier molecular flexibility index (Phi) is 4.03. The maximum absolute atomic E-state index is 12.3. The Hall–Kier alpha value is -1.64. The number of nitrogens with zero attached hydrogens (tertiary/aromatic N) is 1. The van der Waals surface area contributed by atoms with E-state index in [9.17, 15) is 8.42 Å². The van der Waals surface area contributed by atoms with Gasteiger partial charge in [0, 0.05) is 4.47 Å². The molecule has 0 atom stereocenters. The van der Waals surface area contributed by atoms with Gasteiger partial charge in [-0.3, -0.25) is 0 Å². The summed E-state index contributed by atoms with van der Waals surface area (Å²) < 4.78 is 25.3. The second-order valence-electron chi connectivity index (χ2n) is 3.99. The van der Waals surface area contributed by atoms with Crippen LogP contribution in [0.2, 0.25) is 0 Å². The van der Waals surface area contributed by atoms with Gasteiger partial charge >= 0.3 is 0 Å². The average Bonchev–Trinajstić information content (AvgIpc) is 2.39. The van der Waals surface area contributed by atoms with Gasteiger partial charge < -0.3 is 0 Å². The number of hydrogen-bond donors (Lipinski definition) is 0. The SMILES string of the molecule is N#Cc1ccccc1CS(=O)(=O)c1cccc(Br)c1. The summed E-state index contributed by atoms with van der Waals surface area (Å²) in [6.07, 6.45) is 0. The molecule has 5 heteroatoms. The number of halogens is 1. The first-order chi connectivity index (χ1) is 9.03. The topological polar surface area (TPSA) is 57.9 Å². The molecule has 0 aliphatic carbocycles. The molecule has 0 N–H and O–H groups in total. The minimum absolute atomic E-state index is 0.173. The number of rotatable bonds is 3. The number of nitriles is 1. The lowest BCUT2D eigenvalue weighted by atomic mass is 10.1. The molecule has 0 heterocycles. The van der Waals surface area contributed by atoms with Gasteiger partial charge in [0.25, 0.3) is 0 Å². The molecule has 2 rings (SSSR count). The standard InChI is InChI=1S/C14H10BrNO2S/c15-13-6-3-7-14(8-13)19(17,18)10-12-5-2-1-4-11(12)9-16/h1-8H,10H2. The van der Waals surface area contributed by atoms with E-state index in [2.05, 4.69) is 15.9 Å². The Morgan fingerprint density at radius 3 is 2.53 bits per heavy atom. The van der Waals surface area contributed by atoms with Crippen LogP contribution in [-0.2, 0) is 15.6 Å². The lowest BCUT2D eigenvalue weighted by Gasteiger charge is -2.06. The Morgan fingerprint density at radius 1 is 1.11 bits per heavy atom. The van der Waals surface area contributed by atoms with Crippen molar-refractivity contribution in [1.29, 1.82) is 5.26 Å². The molecule has 0 fully saturated rings. The Balaban J connectivity index is 2.40. The Morgan fingerprint density at radius 2 is 1.84 bits per heavy atom. The molecule has 0 aromatic heterocycles. The fourth-order valence-corrected chi connectivity index (χ4v) is 3.67. The lowest BCUT2D eigenvalue weighted by molar-refractivity contribution is 0.595. The summed E-state index contributed by atoms with van der Waals surface area (Å²) >= 11 is 3.25. The van der Waals surface area contributed by atoms with Crippen LogP contribution in [0.1, 0.15) is 11.1 Å². The molecule has 0 saturated heterocycles. The first-order valence-electron chi connectivity index (χ1n) is 5.49. The molecule has 0 spiro atoms. The van der Waals surface area contributed by atoms with E-state index in [0.29, 0.717) is 15.6 Å². The predicted octanol–water partition coefficient (Wildman–Crippen LogP) is 3.29. The fraction of sp³-hybridized carbons (Fsp3) is 0.0714. The summed E-state index contributed by atoms with van der Waals surface area (Å²) in [5.74, 6) is -0.173. The molecule has 19 heavy (non-hydrogen) atoms. The van der Waals surface area contributed by atoms with E-state index in [1.165, 1.54) is 0 Å². The molecular formula is C14H10BrNO2S. The van der Waals surface area contributed by atoms with Crippen LogP contribution in [0.15, 0.2) is 57.9 Å². The Bertz CT molecular complexity index is 748. The summed E-state index contributed by atoms with van der Waals surface area (Å²) in [5.41, 5.74) is 0.908. The largest absolute Gasteiger partial charge is 0.223 e. The third kappa shape index (κ3) is 3.22. The second-order valence-corrected chi connectivity index (χ2v) is 6.89. The predicted molar refractivity (Wildman–Crippen MR) is 76.2 cm³/mol. The average molecular weight is 336 g/mol. The minimum Gasteiger partial charge on any atom is -0.223 e. The molecule has 0 amide bonds. The van der Waals surface area contributed by atoms with Crippen molar-refractivity contribution in [1.82, 2.24) is 0 Å². The monoisotopic (exact) mass is 335 g/mol. The van der Waals surface area contributed by atoms with Crippen molar-refractivity contribution < 1.29 is 8.42 Å². The van der Waals surface area contributed by atoms with Gasteiger partial charge in [0.05, 0.1) is 22.3 Å². The second kappa shape index (κ2) is 5.55. The van der Waals surface area contributed by atoms with E-state index in [1.54, 1.807) is 48.5 Å². The van der Waals surface area contributed by atoms with E-state index in [-0.39, 0.29) is 10.6 Å². The van der Waals surface area contributed by atoms with Gasteiger partial charge in [0.15, 0.2) is 9.84 Å². The number of benzene rings is 2. The van der Waals surface area contributed by atoms with E-state index in [1.807, 2.05) is 6.07 Å². The highest BCUT2D eigenvalue weighted by atomic mass is 79.9. The summed E-state index contributed by atoms with van der Waals surface area (Å²) in [7, 11) is -3.45. The van der Waals surface area contributed by atoms with Crippen molar-refractivity contribution in [2.24, 2.45) is 0 Å². The highest BCUT2D eigenvalue weighted by Gasteiger charge is 2.17. The van der Waals surface area contributed by atoms with Gasteiger partial charge in [-0.1, -0.05) is 40.2 Å². The van der Waals surface area contributed by atoms with Gasteiger partial charge in [-0.05, 0) is 29.8 Å². The maximum atomic E-state index is 12.3. The van der Waals surface area contributed by atoms with E-state index in [0.717, 1.165) is 0 Å². The molecule has 0 aliphatic rings. The molecule has 0 radical (unpaired) electrons. The molecular weight excluding hydrogens is 326 g/mol. The van der Waals surface area contributed by atoms with Crippen LogP contribution in [0.5, 0.6) is 0 Å². The van der Waals surface area contributed by atoms with Crippen molar-refractivity contribution in [3.63, 3.8) is 0 Å². The van der Waals surface area contributed by atoms with Crippen molar-refractivity contribution in [2.45, 2.75) is 10.6 Å². The highest BCUT2D eigenvalue weighted by Crippen LogP contribution is 2.21. The molecule has 3 nitrogen and oxygen atoms in total. The summed E-state index contributed by atoms with van der Waals surface area (Å²) in [6, 6.07) is 15.3. The van der Waals surface area contributed by atoms with E-state index in [4.69, 9.17) is 5.26 Å². The quantitative estimate of drug-likeness (QED) is 0.864. The zero-order valence-electron chi connectivity index (χ0n) is 9.88. The van der Waals surface area contributed by atoms with Crippen LogP contribution in [-0.4, -0.2) is 8.42 Å². The molecule has 2 aromatic carbocycles. The Labute approximate surface area is 120 Å². The van der Waals surface area contributed by atoms with Gasteiger partial charge in [-0.2, -0.15) is 5.26 Å². The van der Waals surface area contributed by atoms with Gasteiger partial charge in [-0.25, -0.2) is 8.42 Å². The summed E-state index contributed by atoms with van der Waals surface area (Å²) in [4.78, 5) is 0.245. The first-order valence-corrected chi connectivity index (χ1v) is 7.94. The summed E-state index contributed by atoms with van der Waals surface area (Å²) in [6.45, 7) is 0. The molecule has 0 aliphatic heterocycles. The van der Waals surface area contributed by atoms with Crippen LogP contribution < -0.4 is 0 Å². The smallest absolute Gasteiger partial charge is 0.182 e. The molecule has 0 saturated carbocycles. The molecule has 96 valence electrons. The van der Waals surface area contributed by atoms with Crippen LogP contribution >= 0.6 is 15.9 Å².